The number of unbranched alkanes of at least 4 members (excludes halogenated alkanes) is 2. The Morgan fingerprint density at radius 2 is 1.84 bits per heavy atom. The van der Waals surface area contributed by atoms with Crippen LogP contribution in [0.4, 0.5) is 9.18 Å². The molecule has 7 heteroatoms. The molecule has 5 rings (SSSR count). The highest BCUT2D eigenvalue weighted by atomic mass is 19.1. The minimum Gasteiger partial charge on any atom is -0.442 e. The van der Waals surface area contributed by atoms with Gasteiger partial charge in [-0.25, -0.2) is 14.2 Å². The van der Waals surface area contributed by atoms with Crippen LogP contribution < -0.4 is 5.32 Å². The van der Waals surface area contributed by atoms with Crippen LogP contribution in [-0.2, 0) is 31.2 Å². The van der Waals surface area contributed by atoms with Gasteiger partial charge >= 0.3 is 6.09 Å². The fourth-order valence-electron chi connectivity index (χ4n) is 7.04. The molecule has 0 unspecified atom stereocenters. The molecule has 0 aliphatic heterocycles. The Hall–Kier alpha value is -3.71. The molecule has 2 atom stereocenters. The Kier molecular flexibility index (Phi) is 10.4. The summed E-state index contributed by atoms with van der Waals surface area (Å²) in [5, 5.41) is 2.98. The van der Waals surface area contributed by atoms with Gasteiger partial charge < -0.3 is 19.5 Å². The molecule has 0 radical (unpaired) electrons. The lowest BCUT2D eigenvalue weighted by molar-refractivity contribution is -0.0444. The van der Waals surface area contributed by atoms with Crippen LogP contribution in [0.5, 0.6) is 0 Å². The molecule has 0 spiro atoms. The van der Waals surface area contributed by atoms with Crippen LogP contribution in [0.2, 0.25) is 0 Å². The lowest BCUT2D eigenvalue weighted by Gasteiger charge is -2.47. The Morgan fingerprint density at radius 1 is 1.07 bits per heavy atom. The molecule has 1 aliphatic carbocycles. The van der Waals surface area contributed by atoms with E-state index in [-0.39, 0.29) is 17.7 Å². The van der Waals surface area contributed by atoms with E-state index in [9.17, 15) is 9.18 Å². The fraction of sp³-hybridized carbons (Fsp3) is 0.459. The summed E-state index contributed by atoms with van der Waals surface area (Å²) in [6, 6.07) is 23.3. The van der Waals surface area contributed by atoms with Crippen molar-refractivity contribution in [3.63, 3.8) is 0 Å². The Morgan fingerprint density at radius 3 is 2.61 bits per heavy atom. The molecule has 1 heterocycles. The van der Waals surface area contributed by atoms with Gasteiger partial charge in [-0.1, -0.05) is 68.8 Å². The zero-order chi connectivity index (χ0) is 31.1. The molecule has 0 fully saturated rings. The fourth-order valence-corrected chi connectivity index (χ4v) is 7.04. The number of carbonyl (C=O) groups is 1. The summed E-state index contributed by atoms with van der Waals surface area (Å²) in [5.74, 6) is 1.13. The van der Waals surface area contributed by atoms with E-state index in [2.05, 4.69) is 60.9 Å². The van der Waals surface area contributed by atoms with E-state index in [0.29, 0.717) is 19.4 Å². The zero-order valence-corrected chi connectivity index (χ0v) is 26.7. The van der Waals surface area contributed by atoms with Gasteiger partial charge in [0.15, 0.2) is 0 Å². The van der Waals surface area contributed by atoms with E-state index in [1.165, 1.54) is 5.52 Å². The predicted octanol–water partition coefficient (Wildman–Crippen LogP) is 7.80. The van der Waals surface area contributed by atoms with Crippen molar-refractivity contribution in [2.24, 2.45) is 13.0 Å². The highest BCUT2D eigenvalue weighted by molar-refractivity contribution is 5.75. The molecule has 0 bridgehead atoms. The monoisotopic (exact) mass is 598 g/mol. The number of carbonyl (C=O) groups excluding carboxylic acids is 1. The summed E-state index contributed by atoms with van der Waals surface area (Å²) in [7, 11) is 4.26. The van der Waals surface area contributed by atoms with E-state index in [1.807, 2.05) is 42.5 Å². The van der Waals surface area contributed by atoms with Crippen molar-refractivity contribution in [1.29, 1.82) is 0 Å². The molecule has 1 aromatic heterocycles. The minimum atomic E-state index is -0.672. The summed E-state index contributed by atoms with van der Waals surface area (Å²) in [4.78, 5) is 20.5. The second kappa shape index (κ2) is 14.4. The third-order valence-corrected chi connectivity index (χ3v) is 9.30. The van der Waals surface area contributed by atoms with Crippen molar-refractivity contribution >= 4 is 17.1 Å². The van der Waals surface area contributed by atoms with Crippen LogP contribution in [-0.4, -0.2) is 46.3 Å². The summed E-state index contributed by atoms with van der Waals surface area (Å²) >= 11 is 0. The number of halogens is 1. The molecule has 44 heavy (non-hydrogen) atoms. The number of imidazole rings is 1. The van der Waals surface area contributed by atoms with Crippen LogP contribution in [0, 0.1) is 11.7 Å². The molecule has 0 saturated heterocycles. The maximum atomic E-state index is 14.2. The molecule has 1 N–H and O–H groups in total. The molecule has 4 aromatic rings. The second-order valence-corrected chi connectivity index (χ2v) is 12.8. The highest BCUT2D eigenvalue weighted by Gasteiger charge is 2.47. The number of hydrogen-bond acceptors (Lipinski definition) is 4. The SMILES string of the molecule is CC(C)[C@H]1c2ccc(F)cc2CC[C@@]1(CCN(C)CCCCCc1nc2ccccc2n1C)OC(=O)NCc1ccccc1. The van der Waals surface area contributed by atoms with Crippen LogP contribution in [0.15, 0.2) is 72.8 Å². The van der Waals surface area contributed by atoms with Gasteiger partial charge in [0.2, 0.25) is 0 Å². The number of alkyl carbamates (subject to hydrolysis) is 1. The largest absolute Gasteiger partial charge is 0.442 e. The van der Waals surface area contributed by atoms with E-state index < -0.39 is 11.7 Å². The quantitative estimate of drug-likeness (QED) is 0.160. The van der Waals surface area contributed by atoms with E-state index >= 15 is 0 Å². The third kappa shape index (κ3) is 7.49. The lowest BCUT2D eigenvalue weighted by atomic mass is 9.65. The molecule has 6 nitrogen and oxygen atoms in total. The summed E-state index contributed by atoms with van der Waals surface area (Å²) in [6.07, 6.45) is 6.00. The van der Waals surface area contributed by atoms with Crippen LogP contribution in [0.3, 0.4) is 0 Å². The summed E-state index contributed by atoms with van der Waals surface area (Å²) < 4.78 is 22.8. The van der Waals surface area contributed by atoms with Gasteiger partial charge in [-0.3, -0.25) is 0 Å². The number of nitrogens with zero attached hydrogens (tertiary/aromatic N) is 3. The number of ether oxygens (including phenoxy) is 1. The van der Waals surface area contributed by atoms with Gasteiger partial charge in [0.25, 0.3) is 0 Å². The molecule has 1 amide bonds. The standard InChI is InChI=1S/C37H47FN4O2/c1-27(2)35-31-19-18-30(38)25-29(31)20-21-37(35,44-36(43)39-26-28-13-7-5-8-14-28)22-24-41(3)23-12-6-9-17-34-40-32-15-10-11-16-33(32)42(34)4/h5,7-8,10-11,13-16,18-19,25,27,35H,6,9,12,17,20-24,26H2,1-4H3,(H,39,43)/t35-,37-/m0/s1. The number of fused-ring (bicyclic) bond motifs is 2. The molecular weight excluding hydrogens is 551 g/mol. The van der Waals surface area contributed by atoms with E-state index in [4.69, 9.17) is 9.72 Å². The van der Waals surface area contributed by atoms with Gasteiger partial charge in [-0.05, 0) is 86.1 Å². The van der Waals surface area contributed by atoms with Crippen molar-refractivity contribution in [3.05, 3.63) is 101 Å². The molecular formula is C37H47FN4O2. The number of benzene rings is 3. The smallest absolute Gasteiger partial charge is 0.407 e. The molecule has 1 aliphatic rings. The second-order valence-electron chi connectivity index (χ2n) is 12.8. The topological polar surface area (TPSA) is 59.4 Å². The highest BCUT2D eigenvalue weighted by Crippen LogP contribution is 2.48. The number of amides is 1. The first-order valence-corrected chi connectivity index (χ1v) is 16.1. The van der Waals surface area contributed by atoms with Crippen molar-refractivity contribution in [2.45, 2.75) is 76.9 Å². The van der Waals surface area contributed by atoms with E-state index in [0.717, 1.165) is 73.2 Å². The Labute approximate surface area is 261 Å². The van der Waals surface area contributed by atoms with Gasteiger partial charge in [0.05, 0.1) is 11.0 Å². The van der Waals surface area contributed by atoms with E-state index in [1.54, 1.807) is 12.1 Å². The normalized spacial score (nSPS) is 18.1. The molecule has 234 valence electrons. The van der Waals surface area contributed by atoms with Crippen LogP contribution >= 0.6 is 0 Å². The lowest BCUT2D eigenvalue weighted by Crippen LogP contribution is -2.50. The summed E-state index contributed by atoms with van der Waals surface area (Å²) in [5.41, 5.74) is 4.73. The predicted molar refractivity (Wildman–Crippen MR) is 175 cm³/mol. The molecule has 0 saturated carbocycles. The number of rotatable bonds is 13. The van der Waals surface area contributed by atoms with Gasteiger partial charge in [-0.15, -0.1) is 0 Å². The first kappa shape index (κ1) is 31.7. The number of nitrogens with one attached hydrogen (secondary N) is 1. The molecule has 3 aromatic carbocycles. The van der Waals surface area contributed by atoms with Gasteiger partial charge in [0.1, 0.15) is 17.2 Å². The Balaban J connectivity index is 1.20. The van der Waals surface area contributed by atoms with Gasteiger partial charge in [0, 0.05) is 38.9 Å². The zero-order valence-electron chi connectivity index (χ0n) is 26.7. The van der Waals surface area contributed by atoms with Crippen molar-refractivity contribution in [3.8, 4) is 0 Å². The van der Waals surface area contributed by atoms with Crippen LogP contribution in [0.25, 0.3) is 11.0 Å². The summed E-state index contributed by atoms with van der Waals surface area (Å²) in [6.45, 7) is 6.57. The third-order valence-electron chi connectivity index (χ3n) is 9.30. The number of hydrogen-bond donors (Lipinski definition) is 1. The van der Waals surface area contributed by atoms with Crippen molar-refractivity contribution < 1.29 is 13.9 Å². The van der Waals surface area contributed by atoms with Crippen molar-refractivity contribution in [1.82, 2.24) is 19.8 Å². The Bertz CT molecular complexity index is 1540. The average molecular weight is 599 g/mol. The first-order valence-electron chi connectivity index (χ1n) is 16.1. The first-order chi connectivity index (χ1) is 21.3. The number of para-hydroxylation sites is 2. The van der Waals surface area contributed by atoms with Crippen molar-refractivity contribution in [2.75, 3.05) is 20.1 Å². The minimum absolute atomic E-state index is 0.0176. The average Bonchev–Trinajstić information content (AvgIpc) is 3.34. The number of aryl methyl sites for hydroxylation is 3. The number of aromatic nitrogens is 2. The maximum absolute atomic E-state index is 14.2. The van der Waals surface area contributed by atoms with Gasteiger partial charge in [-0.2, -0.15) is 0 Å². The van der Waals surface area contributed by atoms with Crippen LogP contribution in [0.1, 0.15) is 74.4 Å². The maximum Gasteiger partial charge on any atom is 0.407 e.